The number of thiol groups is 1. The Labute approximate surface area is 116 Å². The molecule has 0 fully saturated rings. The Bertz CT molecular complexity index is 635. The lowest BCUT2D eigenvalue weighted by molar-refractivity contribution is 0.318. The summed E-state index contributed by atoms with van der Waals surface area (Å²) in [6, 6.07) is 7.26. The molecular weight excluding hydrogens is 260 g/mol. The summed E-state index contributed by atoms with van der Waals surface area (Å²) in [5, 5.41) is 11.6. The molecule has 0 spiro atoms. The van der Waals surface area contributed by atoms with Crippen LogP contribution in [0.2, 0.25) is 0 Å². The topological polar surface area (TPSA) is 84.4 Å². The zero-order valence-corrected chi connectivity index (χ0v) is 11.5. The molecule has 5 nitrogen and oxygen atoms in total. The summed E-state index contributed by atoms with van der Waals surface area (Å²) in [4.78, 5) is 9.38. The molecule has 0 unspecified atom stereocenters. The van der Waals surface area contributed by atoms with Crippen molar-refractivity contribution < 1.29 is 5.21 Å². The summed E-state index contributed by atoms with van der Waals surface area (Å²) < 4.78 is 0. The molecule has 98 valence electrons. The Morgan fingerprint density at radius 3 is 2.37 bits per heavy atom. The summed E-state index contributed by atoms with van der Waals surface area (Å²) >= 11 is 4.34. The molecule has 0 radical (unpaired) electrons. The highest BCUT2D eigenvalue weighted by Gasteiger charge is 2.09. The largest absolute Gasteiger partial charge is 0.409 e. The van der Waals surface area contributed by atoms with Crippen LogP contribution in [0.4, 0.5) is 0 Å². The number of benzene rings is 1. The smallest absolute Gasteiger partial charge is 0.171 e. The fourth-order valence-electron chi connectivity index (χ4n) is 1.80. The van der Waals surface area contributed by atoms with Gasteiger partial charge in [0.1, 0.15) is 0 Å². The van der Waals surface area contributed by atoms with Crippen LogP contribution in [-0.2, 0) is 0 Å². The quantitative estimate of drug-likeness (QED) is 0.257. The third kappa shape index (κ3) is 2.85. The average Bonchev–Trinajstić information content (AvgIpc) is 2.36. The average molecular weight is 274 g/mol. The summed E-state index contributed by atoms with van der Waals surface area (Å²) in [6.07, 6.45) is 0. The van der Waals surface area contributed by atoms with Crippen molar-refractivity contribution in [3.8, 4) is 11.4 Å². The second-order valence-electron chi connectivity index (χ2n) is 4.19. The fraction of sp³-hybridized carbons (Fsp3) is 0.154. The SMILES string of the molecule is Cc1cc(C)nc(-c2ccc(C(N)=NO)c(S)c2)n1. The highest BCUT2D eigenvalue weighted by atomic mass is 32.1. The van der Waals surface area contributed by atoms with Crippen molar-refractivity contribution in [2.45, 2.75) is 18.7 Å². The summed E-state index contributed by atoms with van der Waals surface area (Å²) in [5.41, 5.74) is 8.77. The van der Waals surface area contributed by atoms with E-state index in [0.29, 0.717) is 16.3 Å². The maximum absolute atomic E-state index is 8.68. The molecular formula is C13H14N4OS. The number of oxime groups is 1. The van der Waals surface area contributed by atoms with E-state index in [9.17, 15) is 0 Å². The van der Waals surface area contributed by atoms with Crippen molar-refractivity contribution in [3.63, 3.8) is 0 Å². The molecule has 2 rings (SSSR count). The number of nitrogens with zero attached hydrogens (tertiary/aromatic N) is 3. The van der Waals surface area contributed by atoms with Gasteiger partial charge in [0.15, 0.2) is 11.7 Å². The van der Waals surface area contributed by atoms with Crippen molar-refractivity contribution in [2.24, 2.45) is 10.9 Å². The predicted molar refractivity (Wildman–Crippen MR) is 76.7 cm³/mol. The lowest BCUT2D eigenvalue weighted by Crippen LogP contribution is -2.13. The highest BCUT2D eigenvalue weighted by Crippen LogP contribution is 2.22. The molecule has 0 aliphatic rings. The maximum atomic E-state index is 8.68. The first kappa shape index (κ1) is 13.4. The standard InChI is InChI=1S/C13H14N4OS/c1-7-5-8(2)16-13(15-7)9-3-4-10(11(19)6-9)12(14)17-18/h3-6,18-19H,1-2H3,(H2,14,17). The number of aryl methyl sites for hydroxylation is 2. The second kappa shape index (κ2) is 5.27. The van der Waals surface area contributed by atoms with Crippen molar-refractivity contribution in [3.05, 3.63) is 41.2 Å². The third-order valence-corrected chi connectivity index (χ3v) is 2.99. The minimum Gasteiger partial charge on any atom is -0.409 e. The van der Waals surface area contributed by atoms with Crippen LogP contribution in [0.1, 0.15) is 17.0 Å². The molecule has 1 aromatic heterocycles. The van der Waals surface area contributed by atoms with Crippen molar-refractivity contribution in [2.75, 3.05) is 0 Å². The van der Waals surface area contributed by atoms with Gasteiger partial charge in [0, 0.05) is 27.4 Å². The van der Waals surface area contributed by atoms with E-state index in [1.54, 1.807) is 12.1 Å². The number of hydrogen-bond donors (Lipinski definition) is 3. The molecule has 19 heavy (non-hydrogen) atoms. The third-order valence-electron chi connectivity index (χ3n) is 2.62. The van der Waals surface area contributed by atoms with E-state index in [1.807, 2.05) is 26.0 Å². The molecule has 0 aliphatic carbocycles. The molecule has 0 amide bonds. The van der Waals surface area contributed by atoms with Gasteiger partial charge in [-0.05, 0) is 32.0 Å². The van der Waals surface area contributed by atoms with Crippen LogP contribution in [0, 0.1) is 13.8 Å². The van der Waals surface area contributed by atoms with Gasteiger partial charge in [0.2, 0.25) is 0 Å². The molecule has 0 saturated heterocycles. The molecule has 1 heterocycles. The van der Waals surface area contributed by atoms with Crippen LogP contribution in [0.15, 0.2) is 34.3 Å². The summed E-state index contributed by atoms with van der Waals surface area (Å²) in [6.45, 7) is 3.84. The van der Waals surface area contributed by atoms with Crippen molar-refractivity contribution in [1.82, 2.24) is 9.97 Å². The van der Waals surface area contributed by atoms with E-state index in [0.717, 1.165) is 17.0 Å². The number of nitrogens with two attached hydrogens (primary N) is 1. The minimum absolute atomic E-state index is 0.0258. The van der Waals surface area contributed by atoms with Crippen molar-refractivity contribution >= 4 is 18.5 Å². The first-order valence-corrected chi connectivity index (χ1v) is 6.09. The van der Waals surface area contributed by atoms with E-state index < -0.39 is 0 Å². The van der Waals surface area contributed by atoms with Crippen LogP contribution >= 0.6 is 12.6 Å². The number of rotatable bonds is 2. The van der Waals surface area contributed by atoms with Gasteiger partial charge in [0.25, 0.3) is 0 Å². The van der Waals surface area contributed by atoms with Gasteiger partial charge in [-0.3, -0.25) is 0 Å². The minimum atomic E-state index is 0.0258. The van der Waals surface area contributed by atoms with Gasteiger partial charge < -0.3 is 10.9 Å². The van der Waals surface area contributed by atoms with E-state index in [4.69, 9.17) is 10.9 Å². The van der Waals surface area contributed by atoms with Gasteiger partial charge in [0.05, 0.1) is 0 Å². The predicted octanol–water partition coefficient (Wildman–Crippen LogP) is 2.14. The Balaban J connectivity index is 2.50. The maximum Gasteiger partial charge on any atom is 0.171 e. The van der Waals surface area contributed by atoms with Crippen LogP contribution in [0.5, 0.6) is 0 Å². The molecule has 1 aromatic carbocycles. The highest BCUT2D eigenvalue weighted by molar-refractivity contribution is 7.80. The zero-order chi connectivity index (χ0) is 14.0. The molecule has 6 heteroatoms. The first-order chi connectivity index (χ1) is 9.01. The van der Waals surface area contributed by atoms with Crippen LogP contribution in [-0.4, -0.2) is 21.0 Å². The lowest BCUT2D eigenvalue weighted by Gasteiger charge is -2.07. The van der Waals surface area contributed by atoms with Crippen LogP contribution in [0.25, 0.3) is 11.4 Å². The van der Waals surface area contributed by atoms with Crippen LogP contribution in [0.3, 0.4) is 0 Å². The van der Waals surface area contributed by atoms with Gasteiger partial charge in [-0.25, -0.2) is 9.97 Å². The molecule has 0 bridgehead atoms. The Morgan fingerprint density at radius 2 is 1.84 bits per heavy atom. The van der Waals surface area contributed by atoms with Gasteiger partial charge in [-0.1, -0.05) is 11.2 Å². The first-order valence-electron chi connectivity index (χ1n) is 5.65. The number of aromatic nitrogens is 2. The van der Waals surface area contributed by atoms with E-state index in [1.165, 1.54) is 0 Å². The monoisotopic (exact) mass is 274 g/mol. The zero-order valence-electron chi connectivity index (χ0n) is 10.6. The van der Waals surface area contributed by atoms with Gasteiger partial charge in [-0.2, -0.15) is 0 Å². The van der Waals surface area contributed by atoms with Gasteiger partial charge in [-0.15, -0.1) is 12.6 Å². The lowest BCUT2D eigenvalue weighted by atomic mass is 10.1. The molecule has 3 N–H and O–H groups in total. The van der Waals surface area contributed by atoms with Crippen molar-refractivity contribution in [1.29, 1.82) is 0 Å². The fourth-order valence-corrected chi connectivity index (χ4v) is 2.12. The van der Waals surface area contributed by atoms with E-state index in [2.05, 4.69) is 27.8 Å². The van der Waals surface area contributed by atoms with E-state index in [-0.39, 0.29) is 5.84 Å². The molecule has 0 atom stereocenters. The number of hydrogen-bond acceptors (Lipinski definition) is 5. The summed E-state index contributed by atoms with van der Waals surface area (Å²) in [7, 11) is 0. The normalized spacial score (nSPS) is 11.6. The molecule has 0 aliphatic heterocycles. The Hall–Kier alpha value is -2.08. The van der Waals surface area contributed by atoms with Crippen LogP contribution < -0.4 is 5.73 Å². The van der Waals surface area contributed by atoms with Gasteiger partial charge >= 0.3 is 0 Å². The van der Waals surface area contributed by atoms with E-state index >= 15 is 0 Å². The Kier molecular flexibility index (Phi) is 3.71. The number of amidine groups is 1. The second-order valence-corrected chi connectivity index (χ2v) is 4.67. The molecule has 2 aromatic rings. The summed E-state index contributed by atoms with van der Waals surface area (Å²) in [5.74, 6) is 0.664. The molecule has 0 saturated carbocycles. The Morgan fingerprint density at radius 1 is 1.21 bits per heavy atom.